The van der Waals surface area contributed by atoms with E-state index in [0.717, 1.165) is 18.9 Å². The van der Waals surface area contributed by atoms with Gasteiger partial charge >= 0.3 is 0 Å². The van der Waals surface area contributed by atoms with Crippen LogP contribution >= 0.6 is 11.8 Å². The second kappa shape index (κ2) is 3.76. The third-order valence-electron chi connectivity index (χ3n) is 1.88. The Bertz CT molecular complexity index is 233. The van der Waals surface area contributed by atoms with Crippen molar-refractivity contribution in [2.75, 3.05) is 29.5 Å². The lowest BCUT2D eigenvalue weighted by Crippen LogP contribution is -2.33. The number of nitrogens with zero attached hydrogens (tertiary/aromatic N) is 3. The van der Waals surface area contributed by atoms with E-state index in [1.54, 1.807) is 12.4 Å². The summed E-state index contributed by atoms with van der Waals surface area (Å²) in [5.41, 5.74) is 0. The summed E-state index contributed by atoms with van der Waals surface area (Å²) in [5.74, 6) is 3.42. The molecule has 1 aromatic rings. The Morgan fingerprint density at radius 2 is 2.08 bits per heavy atom. The highest BCUT2D eigenvalue weighted by molar-refractivity contribution is 7.99. The fourth-order valence-corrected chi connectivity index (χ4v) is 2.15. The van der Waals surface area contributed by atoms with Crippen molar-refractivity contribution in [3.05, 3.63) is 18.6 Å². The fraction of sp³-hybridized carbons (Fsp3) is 0.500. The third-order valence-corrected chi connectivity index (χ3v) is 2.83. The van der Waals surface area contributed by atoms with Gasteiger partial charge in [0.15, 0.2) is 0 Å². The first-order valence-corrected chi connectivity index (χ1v) is 5.21. The molecule has 0 amide bonds. The van der Waals surface area contributed by atoms with Gasteiger partial charge in [0.25, 0.3) is 0 Å². The predicted molar refractivity (Wildman–Crippen MR) is 51.6 cm³/mol. The third kappa shape index (κ3) is 1.69. The molecule has 2 heterocycles. The van der Waals surface area contributed by atoms with Crippen LogP contribution in [0.3, 0.4) is 0 Å². The SMILES string of the molecule is c1cnc(N2CCSCC2)cn1. The molecule has 3 nitrogen and oxygen atoms in total. The standard InChI is InChI=1S/C8H11N3S/c1-2-10-8(7-9-1)11-3-5-12-6-4-11/h1-2,7H,3-6H2. The van der Waals surface area contributed by atoms with Crippen LogP contribution in [0.25, 0.3) is 0 Å². The highest BCUT2D eigenvalue weighted by atomic mass is 32.2. The van der Waals surface area contributed by atoms with Crippen LogP contribution in [-0.2, 0) is 0 Å². The van der Waals surface area contributed by atoms with Crippen molar-refractivity contribution in [2.45, 2.75) is 0 Å². The van der Waals surface area contributed by atoms with Crippen molar-refractivity contribution in [3.8, 4) is 0 Å². The maximum Gasteiger partial charge on any atom is 0.147 e. The summed E-state index contributed by atoms with van der Waals surface area (Å²) in [6.45, 7) is 2.20. The van der Waals surface area contributed by atoms with Gasteiger partial charge in [-0.1, -0.05) is 0 Å². The van der Waals surface area contributed by atoms with Crippen LogP contribution in [-0.4, -0.2) is 34.6 Å². The Balaban J connectivity index is 2.08. The van der Waals surface area contributed by atoms with Crippen molar-refractivity contribution >= 4 is 17.6 Å². The molecule has 0 unspecified atom stereocenters. The highest BCUT2D eigenvalue weighted by Crippen LogP contribution is 2.14. The van der Waals surface area contributed by atoms with Crippen molar-refractivity contribution in [1.82, 2.24) is 9.97 Å². The molecule has 1 fully saturated rings. The van der Waals surface area contributed by atoms with E-state index in [-0.39, 0.29) is 0 Å². The Kier molecular flexibility index (Phi) is 2.46. The molecule has 0 N–H and O–H groups in total. The molecule has 4 heteroatoms. The van der Waals surface area contributed by atoms with E-state index in [9.17, 15) is 0 Å². The summed E-state index contributed by atoms with van der Waals surface area (Å²) < 4.78 is 0. The summed E-state index contributed by atoms with van der Waals surface area (Å²) in [5, 5.41) is 0. The lowest BCUT2D eigenvalue weighted by atomic mass is 10.5. The summed E-state index contributed by atoms with van der Waals surface area (Å²) in [6, 6.07) is 0. The van der Waals surface area contributed by atoms with Gasteiger partial charge in [-0.15, -0.1) is 0 Å². The maximum absolute atomic E-state index is 4.26. The van der Waals surface area contributed by atoms with Crippen LogP contribution in [0.15, 0.2) is 18.6 Å². The Hall–Kier alpha value is -0.770. The molecule has 12 heavy (non-hydrogen) atoms. The van der Waals surface area contributed by atoms with Crippen molar-refractivity contribution in [1.29, 1.82) is 0 Å². The van der Waals surface area contributed by atoms with Gasteiger partial charge < -0.3 is 4.90 Å². The zero-order valence-corrected chi connectivity index (χ0v) is 7.63. The van der Waals surface area contributed by atoms with E-state index >= 15 is 0 Å². The van der Waals surface area contributed by atoms with Gasteiger partial charge in [-0.2, -0.15) is 11.8 Å². The molecule has 1 saturated heterocycles. The normalized spacial score (nSPS) is 17.8. The summed E-state index contributed by atoms with van der Waals surface area (Å²) >= 11 is 2.00. The maximum atomic E-state index is 4.26. The van der Waals surface area contributed by atoms with Crippen LogP contribution in [0.5, 0.6) is 0 Å². The number of thioether (sulfide) groups is 1. The van der Waals surface area contributed by atoms with E-state index in [1.165, 1.54) is 11.5 Å². The molecular formula is C8H11N3S. The number of anilines is 1. The lowest BCUT2D eigenvalue weighted by Gasteiger charge is -2.26. The average Bonchev–Trinajstić information content (AvgIpc) is 2.21. The molecule has 1 aromatic heterocycles. The van der Waals surface area contributed by atoms with Gasteiger partial charge in [0.2, 0.25) is 0 Å². The van der Waals surface area contributed by atoms with Gasteiger partial charge in [-0.3, -0.25) is 4.98 Å². The Labute approximate surface area is 76.2 Å². The molecule has 0 spiro atoms. The second-order valence-electron chi connectivity index (χ2n) is 2.66. The van der Waals surface area contributed by atoms with Crippen molar-refractivity contribution in [3.63, 3.8) is 0 Å². The minimum absolute atomic E-state index is 1.01. The molecule has 2 rings (SSSR count). The fourth-order valence-electron chi connectivity index (χ4n) is 1.25. The van der Waals surface area contributed by atoms with Crippen LogP contribution in [0.4, 0.5) is 5.82 Å². The monoisotopic (exact) mass is 181 g/mol. The predicted octanol–water partition coefficient (Wildman–Crippen LogP) is 1.03. The lowest BCUT2D eigenvalue weighted by molar-refractivity contribution is 0.834. The minimum atomic E-state index is 1.01. The molecular weight excluding hydrogens is 170 g/mol. The molecule has 64 valence electrons. The van der Waals surface area contributed by atoms with E-state index < -0.39 is 0 Å². The number of aromatic nitrogens is 2. The molecule has 0 bridgehead atoms. The van der Waals surface area contributed by atoms with Gasteiger partial charge in [0.1, 0.15) is 5.82 Å². The van der Waals surface area contributed by atoms with E-state index in [0.29, 0.717) is 0 Å². The number of hydrogen-bond donors (Lipinski definition) is 0. The summed E-state index contributed by atoms with van der Waals surface area (Å²) in [4.78, 5) is 10.6. The molecule has 1 aliphatic rings. The zero-order valence-electron chi connectivity index (χ0n) is 6.81. The first-order valence-electron chi connectivity index (χ1n) is 4.05. The summed E-state index contributed by atoms with van der Waals surface area (Å²) in [7, 11) is 0. The molecule has 0 atom stereocenters. The van der Waals surface area contributed by atoms with Crippen LogP contribution in [0.1, 0.15) is 0 Å². The van der Waals surface area contributed by atoms with Gasteiger partial charge in [-0.05, 0) is 0 Å². The van der Waals surface area contributed by atoms with E-state index in [1.807, 2.05) is 18.0 Å². The molecule has 1 aliphatic heterocycles. The first kappa shape index (κ1) is 7.86. The minimum Gasteiger partial charge on any atom is -0.354 e. The number of rotatable bonds is 1. The molecule has 0 radical (unpaired) electrons. The Morgan fingerprint density at radius 1 is 1.25 bits per heavy atom. The van der Waals surface area contributed by atoms with Gasteiger partial charge in [0, 0.05) is 37.0 Å². The first-order chi connectivity index (χ1) is 5.97. The smallest absolute Gasteiger partial charge is 0.147 e. The van der Waals surface area contributed by atoms with Crippen molar-refractivity contribution < 1.29 is 0 Å². The Morgan fingerprint density at radius 3 is 2.75 bits per heavy atom. The quantitative estimate of drug-likeness (QED) is 0.647. The van der Waals surface area contributed by atoms with Crippen molar-refractivity contribution in [2.24, 2.45) is 0 Å². The largest absolute Gasteiger partial charge is 0.354 e. The van der Waals surface area contributed by atoms with E-state index in [4.69, 9.17) is 0 Å². The second-order valence-corrected chi connectivity index (χ2v) is 3.89. The molecule has 0 saturated carbocycles. The van der Waals surface area contributed by atoms with Gasteiger partial charge in [0.05, 0.1) is 6.20 Å². The summed E-state index contributed by atoms with van der Waals surface area (Å²) in [6.07, 6.45) is 5.29. The molecule has 0 aromatic carbocycles. The van der Waals surface area contributed by atoms with Gasteiger partial charge in [-0.25, -0.2) is 4.98 Å². The number of hydrogen-bond acceptors (Lipinski definition) is 4. The van der Waals surface area contributed by atoms with Crippen LogP contribution in [0, 0.1) is 0 Å². The van der Waals surface area contributed by atoms with Crippen LogP contribution < -0.4 is 4.90 Å². The van der Waals surface area contributed by atoms with E-state index in [2.05, 4.69) is 14.9 Å². The molecule has 0 aliphatic carbocycles. The topological polar surface area (TPSA) is 29.0 Å². The average molecular weight is 181 g/mol. The zero-order chi connectivity index (χ0) is 8.23. The van der Waals surface area contributed by atoms with Crippen LogP contribution in [0.2, 0.25) is 0 Å². The highest BCUT2D eigenvalue weighted by Gasteiger charge is 2.11.